The van der Waals surface area contributed by atoms with Gasteiger partial charge in [-0.15, -0.1) is 10.2 Å². The van der Waals surface area contributed by atoms with Gasteiger partial charge in [0.25, 0.3) is 0 Å². The number of aryl methyl sites for hydroxylation is 2. The average Bonchev–Trinajstić information content (AvgIpc) is 3.40. The van der Waals surface area contributed by atoms with E-state index in [2.05, 4.69) is 69.9 Å². The molecule has 1 saturated carbocycles. The van der Waals surface area contributed by atoms with E-state index < -0.39 is 0 Å². The zero-order valence-corrected chi connectivity index (χ0v) is 18.9. The molecule has 5 rings (SSSR count). The summed E-state index contributed by atoms with van der Waals surface area (Å²) in [5.74, 6) is 1.50. The molecule has 0 radical (unpaired) electrons. The van der Waals surface area contributed by atoms with Crippen LogP contribution >= 0.6 is 11.8 Å². The normalized spacial score (nSPS) is 17.5. The summed E-state index contributed by atoms with van der Waals surface area (Å²) in [6, 6.07) is 17.5. The first-order chi connectivity index (χ1) is 15.2. The van der Waals surface area contributed by atoms with Gasteiger partial charge in [-0.1, -0.05) is 60.3 Å². The first kappa shape index (κ1) is 20.3. The van der Waals surface area contributed by atoms with Crippen molar-refractivity contribution < 1.29 is 4.79 Å². The van der Waals surface area contributed by atoms with E-state index in [4.69, 9.17) is 0 Å². The number of carbonyl (C=O) groups is 1. The summed E-state index contributed by atoms with van der Waals surface area (Å²) in [6.45, 7) is 4.96. The van der Waals surface area contributed by atoms with E-state index in [1.54, 1.807) is 0 Å². The number of carbonyl (C=O) groups excluding carboxylic acids is 1. The summed E-state index contributed by atoms with van der Waals surface area (Å²) in [7, 11) is 0. The molecule has 1 heterocycles. The van der Waals surface area contributed by atoms with Crippen molar-refractivity contribution in [1.82, 2.24) is 19.7 Å². The van der Waals surface area contributed by atoms with Crippen LogP contribution in [0.3, 0.4) is 0 Å². The average molecular weight is 433 g/mol. The summed E-state index contributed by atoms with van der Waals surface area (Å²) in [4.78, 5) is 15.5. The van der Waals surface area contributed by atoms with Gasteiger partial charge in [0.05, 0.1) is 11.8 Å². The monoisotopic (exact) mass is 432 g/mol. The largest absolute Gasteiger partial charge is 0.332 e. The predicted octanol–water partition coefficient (Wildman–Crippen LogP) is 5.04. The molecule has 1 amide bonds. The molecule has 1 atom stereocenters. The summed E-state index contributed by atoms with van der Waals surface area (Å²) in [5.41, 5.74) is 5.01. The van der Waals surface area contributed by atoms with Gasteiger partial charge in [0.1, 0.15) is 0 Å². The van der Waals surface area contributed by atoms with Gasteiger partial charge in [-0.3, -0.25) is 4.79 Å². The van der Waals surface area contributed by atoms with E-state index in [-0.39, 0.29) is 11.9 Å². The van der Waals surface area contributed by atoms with Crippen LogP contribution in [0.25, 0.3) is 11.4 Å². The molecular weight excluding hydrogens is 404 g/mol. The minimum atomic E-state index is 0.220. The van der Waals surface area contributed by atoms with Gasteiger partial charge in [-0.2, -0.15) is 0 Å². The highest BCUT2D eigenvalue weighted by molar-refractivity contribution is 7.99. The molecule has 0 aliphatic heterocycles. The van der Waals surface area contributed by atoms with Gasteiger partial charge < -0.3 is 9.47 Å². The Morgan fingerprint density at radius 2 is 1.87 bits per heavy atom. The van der Waals surface area contributed by atoms with Crippen molar-refractivity contribution in [1.29, 1.82) is 0 Å². The number of hydrogen-bond donors (Lipinski definition) is 0. The van der Waals surface area contributed by atoms with Crippen LogP contribution < -0.4 is 0 Å². The van der Waals surface area contributed by atoms with Crippen LogP contribution in [0, 0.1) is 6.92 Å². The Labute approximate surface area is 187 Å². The number of thioether (sulfide) groups is 1. The van der Waals surface area contributed by atoms with Crippen LogP contribution in [0.1, 0.15) is 48.9 Å². The molecule has 0 N–H and O–H groups in total. The number of amides is 1. The number of aromatic nitrogens is 3. The maximum absolute atomic E-state index is 13.4. The quantitative estimate of drug-likeness (QED) is 0.491. The Balaban J connectivity index is 1.34. The molecule has 2 aliphatic rings. The SMILES string of the molecule is CCn1c(SCC(=O)N(C2CC2)C2CCc3ccccc32)nnc1-c1ccccc1C. The van der Waals surface area contributed by atoms with E-state index in [1.165, 1.54) is 28.5 Å². The lowest BCUT2D eigenvalue weighted by molar-refractivity contribution is -0.131. The van der Waals surface area contributed by atoms with Crippen molar-refractivity contribution in [2.24, 2.45) is 0 Å². The van der Waals surface area contributed by atoms with Gasteiger partial charge in [-0.25, -0.2) is 0 Å². The standard InChI is InChI=1S/C25H28N4OS/c1-3-28-24(20-10-6-4-8-17(20)2)26-27-25(28)31-16-23(30)29(19-13-14-19)22-15-12-18-9-5-7-11-21(18)22/h4-11,19,22H,3,12-16H2,1-2H3. The summed E-state index contributed by atoms with van der Waals surface area (Å²) >= 11 is 1.51. The fraction of sp³-hybridized carbons (Fsp3) is 0.400. The fourth-order valence-corrected chi connectivity index (χ4v) is 5.58. The van der Waals surface area contributed by atoms with E-state index in [0.717, 1.165) is 48.8 Å². The second-order valence-electron chi connectivity index (χ2n) is 8.44. The Bertz CT molecular complexity index is 1100. The zero-order valence-electron chi connectivity index (χ0n) is 18.1. The predicted molar refractivity (Wildman–Crippen MR) is 124 cm³/mol. The number of nitrogens with zero attached hydrogens (tertiary/aromatic N) is 4. The molecule has 6 heteroatoms. The van der Waals surface area contributed by atoms with Gasteiger partial charge in [0.15, 0.2) is 11.0 Å². The summed E-state index contributed by atoms with van der Waals surface area (Å²) in [6.07, 6.45) is 4.35. The molecule has 31 heavy (non-hydrogen) atoms. The van der Waals surface area contributed by atoms with Crippen molar-refractivity contribution in [2.45, 2.75) is 63.3 Å². The van der Waals surface area contributed by atoms with Crippen molar-refractivity contribution >= 4 is 17.7 Å². The maximum Gasteiger partial charge on any atom is 0.233 e. The Kier molecular flexibility index (Phi) is 5.57. The number of hydrogen-bond acceptors (Lipinski definition) is 4. The van der Waals surface area contributed by atoms with Crippen LogP contribution in [0.4, 0.5) is 0 Å². The van der Waals surface area contributed by atoms with Gasteiger partial charge in [0.2, 0.25) is 5.91 Å². The van der Waals surface area contributed by atoms with Crippen LogP contribution in [0.2, 0.25) is 0 Å². The maximum atomic E-state index is 13.4. The molecule has 0 bridgehead atoms. The molecule has 1 aromatic heterocycles. The van der Waals surface area contributed by atoms with E-state index in [1.807, 2.05) is 12.1 Å². The van der Waals surface area contributed by atoms with Crippen molar-refractivity contribution in [3.63, 3.8) is 0 Å². The molecule has 2 aliphatic carbocycles. The highest BCUT2D eigenvalue weighted by atomic mass is 32.2. The molecule has 0 saturated heterocycles. The number of fused-ring (bicyclic) bond motifs is 1. The highest BCUT2D eigenvalue weighted by Gasteiger charge is 2.40. The lowest BCUT2D eigenvalue weighted by atomic mass is 10.1. The second kappa shape index (κ2) is 8.50. The lowest BCUT2D eigenvalue weighted by Crippen LogP contribution is -2.37. The second-order valence-corrected chi connectivity index (χ2v) is 9.38. The molecular formula is C25H28N4OS. The number of rotatable bonds is 7. The molecule has 0 spiro atoms. The van der Waals surface area contributed by atoms with Gasteiger partial charge in [-0.05, 0) is 56.2 Å². The minimum absolute atomic E-state index is 0.220. The molecule has 1 unspecified atom stereocenters. The lowest BCUT2D eigenvalue weighted by Gasteiger charge is -2.30. The summed E-state index contributed by atoms with van der Waals surface area (Å²) < 4.78 is 2.12. The minimum Gasteiger partial charge on any atom is -0.332 e. The summed E-state index contributed by atoms with van der Waals surface area (Å²) in [5, 5.41) is 9.71. The topological polar surface area (TPSA) is 51.0 Å². The van der Waals surface area contributed by atoms with Crippen LogP contribution in [-0.4, -0.2) is 37.4 Å². The first-order valence-corrected chi connectivity index (χ1v) is 12.2. The zero-order chi connectivity index (χ0) is 21.4. The van der Waals surface area contributed by atoms with Crippen LogP contribution in [-0.2, 0) is 17.8 Å². The third-order valence-electron chi connectivity index (χ3n) is 6.41. The molecule has 5 nitrogen and oxygen atoms in total. The molecule has 1 fully saturated rings. The first-order valence-electron chi connectivity index (χ1n) is 11.2. The van der Waals surface area contributed by atoms with E-state index in [0.29, 0.717) is 11.8 Å². The Morgan fingerprint density at radius 3 is 2.65 bits per heavy atom. The highest BCUT2D eigenvalue weighted by Crippen LogP contribution is 2.42. The molecule has 3 aromatic rings. The molecule has 160 valence electrons. The van der Waals surface area contributed by atoms with Gasteiger partial charge >= 0.3 is 0 Å². The van der Waals surface area contributed by atoms with Gasteiger partial charge in [0, 0.05) is 18.2 Å². The Morgan fingerprint density at radius 1 is 1.10 bits per heavy atom. The van der Waals surface area contributed by atoms with Crippen LogP contribution in [0.5, 0.6) is 0 Å². The van der Waals surface area contributed by atoms with Crippen molar-refractivity contribution in [3.8, 4) is 11.4 Å². The fourth-order valence-electron chi connectivity index (χ4n) is 4.71. The number of benzene rings is 2. The van der Waals surface area contributed by atoms with E-state index >= 15 is 0 Å². The van der Waals surface area contributed by atoms with Crippen molar-refractivity contribution in [3.05, 3.63) is 65.2 Å². The smallest absolute Gasteiger partial charge is 0.233 e. The van der Waals surface area contributed by atoms with Crippen molar-refractivity contribution in [2.75, 3.05) is 5.75 Å². The Hall–Kier alpha value is -2.60. The third kappa shape index (κ3) is 3.89. The molecule has 2 aromatic carbocycles. The van der Waals surface area contributed by atoms with Crippen LogP contribution in [0.15, 0.2) is 53.7 Å². The van der Waals surface area contributed by atoms with E-state index in [9.17, 15) is 4.79 Å². The third-order valence-corrected chi connectivity index (χ3v) is 7.36.